The molecule has 0 aliphatic rings. The number of nitriles is 1. The molecule has 0 saturated heterocycles. The second-order valence-electron chi connectivity index (χ2n) is 4.60. The van der Waals surface area contributed by atoms with Crippen LogP contribution in [0.2, 0.25) is 0 Å². The molecule has 0 aromatic heterocycles. The highest BCUT2D eigenvalue weighted by atomic mass is 19.1. The minimum absolute atomic E-state index is 0.0880. The van der Waals surface area contributed by atoms with Gasteiger partial charge in [0, 0.05) is 11.2 Å². The minimum atomic E-state index is -0.381. The molecule has 1 aromatic rings. The standard InChI is InChI=1S/C13H17FN2/c1-4-5-13(2,3)16-12-7-10(9-15)6-11(14)8-12/h6-8,16H,4-5H2,1-3H3. The summed E-state index contributed by atoms with van der Waals surface area (Å²) in [6.07, 6.45) is 2.05. The Morgan fingerprint density at radius 3 is 2.62 bits per heavy atom. The smallest absolute Gasteiger partial charge is 0.126 e. The van der Waals surface area contributed by atoms with Gasteiger partial charge in [-0.1, -0.05) is 13.3 Å². The molecule has 0 heterocycles. The molecule has 0 aliphatic carbocycles. The molecule has 0 unspecified atom stereocenters. The zero-order chi connectivity index (χ0) is 12.2. The van der Waals surface area contributed by atoms with Crippen molar-refractivity contribution in [3.05, 3.63) is 29.6 Å². The van der Waals surface area contributed by atoms with Crippen LogP contribution in [0, 0.1) is 17.1 Å². The molecule has 0 saturated carbocycles. The molecule has 0 atom stereocenters. The molecule has 1 aromatic carbocycles. The average molecular weight is 220 g/mol. The van der Waals surface area contributed by atoms with Crippen molar-refractivity contribution < 1.29 is 4.39 Å². The molecule has 0 fully saturated rings. The molecule has 1 rings (SSSR count). The van der Waals surface area contributed by atoms with Gasteiger partial charge in [-0.3, -0.25) is 0 Å². The van der Waals surface area contributed by atoms with Crippen LogP contribution in [0.5, 0.6) is 0 Å². The second-order valence-corrected chi connectivity index (χ2v) is 4.60. The molecular formula is C13H17FN2. The van der Waals surface area contributed by atoms with E-state index < -0.39 is 0 Å². The maximum atomic E-state index is 13.2. The van der Waals surface area contributed by atoms with Crippen LogP contribution >= 0.6 is 0 Å². The topological polar surface area (TPSA) is 35.8 Å². The Kier molecular flexibility index (Phi) is 3.89. The fraction of sp³-hybridized carbons (Fsp3) is 0.462. The summed E-state index contributed by atoms with van der Waals surface area (Å²) in [5, 5.41) is 12.0. The summed E-state index contributed by atoms with van der Waals surface area (Å²) in [6.45, 7) is 6.23. The summed E-state index contributed by atoms with van der Waals surface area (Å²) in [7, 11) is 0. The molecular weight excluding hydrogens is 203 g/mol. The lowest BCUT2D eigenvalue weighted by atomic mass is 9.98. The van der Waals surface area contributed by atoms with E-state index in [9.17, 15) is 4.39 Å². The Morgan fingerprint density at radius 1 is 1.38 bits per heavy atom. The van der Waals surface area contributed by atoms with Crippen LogP contribution in [-0.4, -0.2) is 5.54 Å². The summed E-state index contributed by atoms with van der Waals surface area (Å²) < 4.78 is 13.2. The zero-order valence-electron chi connectivity index (χ0n) is 9.97. The molecule has 0 aliphatic heterocycles. The molecule has 16 heavy (non-hydrogen) atoms. The lowest BCUT2D eigenvalue weighted by Crippen LogP contribution is -2.30. The fourth-order valence-electron chi connectivity index (χ4n) is 1.80. The first-order valence-corrected chi connectivity index (χ1v) is 5.46. The summed E-state index contributed by atoms with van der Waals surface area (Å²) in [5.74, 6) is -0.381. The van der Waals surface area contributed by atoms with Gasteiger partial charge in [0.1, 0.15) is 5.82 Å². The van der Waals surface area contributed by atoms with Crippen LogP contribution in [0.25, 0.3) is 0 Å². The number of benzene rings is 1. The van der Waals surface area contributed by atoms with Gasteiger partial charge in [0.05, 0.1) is 11.6 Å². The number of anilines is 1. The summed E-state index contributed by atoms with van der Waals surface area (Å²) in [4.78, 5) is 0. The van der Waals surface area contributed by atoms with E-state index >= 15 is 0 Å². The third-order valence-corrected chi connectivity index (χ3v) is 2.38. The van der Waals surface area contributed by atoms with E-state index in [0.717, 1.165) is 12.8 Å². The quantitative estimate of drug-likeness (QED) is 0.840. The summed E-state index contributed by atoms with van der Waals surface area (Å²) in [5.41, 5.74) is 0.916. The normalized spacial score (nSPS) is 10.9. The van der Waals surface area contributed by atoms with Gasteiger partial charge in [-0.2, -0.15) is 5.26 Å². The molecule has 0 bridgehead atoms. The first-order valence-electron chi connectivity index (χ1n) is 5.46. The number of halogens is 1. The maximum Gasteiger partial charge on any atom is 0.126 e. The van der Waals surface area contributed by atoms with Gasteiger partial charge in [0.2, 0.25) is 0 Å². The van der Waals surface area contributed by atoms with Gasteiger partial charge in [0.15, 0.2) is 0 Å². The average Bonchev–Trinajstić information content (AvgIpc) is 2.15. The van der Waals surface area contributed by atoms with Gasteiger partial charge in [-0.25, -0.2) is 4.39 Å². The van der Waals surface area contributed by atoms with E-state index in [1.54, 1.807) is 6.07 Å². The van der Waals surface area contributed by atoms with E-state index in [0.29, 0.717) is 11.3 Å². The molecule has 0 radical (unpaired) electrons. The van der Waals surface area contributed by atoms with E-state index in [4.69, 9.17) is 5.26 Å². The van der Waals surface area contributed by atoms with Crippen molar-refractivity contribution in [3.8, 4) is 6.07 Å². The third kappa shape index (κ3) is 3.54. The van der Waals surface area contributed by atoms with Crippen LogP contribution < -0.4 is 5.32 Å². The highest BCUT2D eigenvalue weighted by Crippen LogP contribution is 2.21. The predicted molar refractivity (Wildman–Crippen MR) is 63.7 cm³/mol. The first kappa shape index (κ1) is 12.5. The van der Waals surface area contributed by atoms with Gasteiger partial charge in [0.25, 0.3) is 0 Å². The van der Waals surface area contributed by atoms with Crippen molar-refractivity contribution in [3.63, 3.8) is 0 Å². The molecule has 2 nitrogen and oxygen atoms in total. The fourth-order valence-corrected chi connectivity index (χ4v) is 1.80. The van der Waals surface area contributed by atoms with Crippen molar-refractivity contribution in [2.24, 2.45) is 0 Å². The van der Waals surface area contributed by atoms with Crippen molar-refractivity contribution in [2.75, 3.05) is 5.32 Å². The number of rotatable bonds is 4. The van der Waals surface area contributed by atoms with E-state index in [1.165, 1.54) is 12.1 Å². The maximum absolute atomic E-state index is 13.2. The largest absolute Gasteiger partial charge is 0.380 e. The molecule has 86 valence electrons. The number of hydrogen-bond acceptors (Lipinski definition) is 2. The van der Waals surface area contributed by atoms with Crippen LogP contribution in [0.15, 0.2) is 18.2 Å². The van der Waals surface area contributed by atoms with E-state index in [2.05, 4.69) is 26.1 Å². The third-order valence-electron chi connectivity index (χ3n) is 2.38. The number of nitrogens with one attached hydrogen (secondary N) is 1. The molecule has 0 amide bonds. The molecule has 0 spiro atoms. The van der Waals surface area contributed by atoms with E-state index in [1.807, 2.05) is 6.07 Å². The van der Waals surface area contributed by atoms with Crippen molar-refractivity contribution in [1.82, 2.24) is 0 Å². The monoisotopic (exact) mass is 220 g/mol. The SMILES string of the molecule is CCCC(C)(C)Nc1cc(F)cc(C#N)c1. The molecule has 1 N–H and O–H groups in total. The predicted octanol–water partition coefficient (Wildman–Crippen LogP) is 3.69. The Hall–Kier alpha value is -1.56. The summed E-state index contributed by atoms with van der Waals surface area (Å²) >= 11 is 0. The highest BCUT2D eigenvalue weighted by molar-refractivity contribution is 5.51. The Labute approximate surface area is 96.1 Å². The van der Waals surface area contributed by atoms with Crippen LogP contribution in [0.1, 0.15) is 39.2 Å². The van der Waals surface area contributed by atoms with E-state index in [-0.39, 0.29) is 11.4 Å². The van der Waals surface area contributed by atoms with Gasteiger partial charge < -0.3 is 5.32 Å². The lowest BCUT2D eigenvalue weighted by Gasteiger charge is -2.27. The van der Waals surface area contributed by atoms with Crippen molar-refractivity contribution in [2.45, 2.75) is 39.2 Å². The Balaban J connectivity index is 2.89. The summed E-state index contributed by atoms with van der Waals surface area (Å²) in [6, 6.07) is 6.26. The highest BCUT2D eigenvalue weighted by Gasteiger charge is 2.16. The Morgan fingerprint density at radius 2 is 2.06 bits per heavy atom. The first-order chi connectivity index (χ1) is 7.46. The van der Waals surface area contributed by atoms with Gasteiger partial charge in [-0.15, -0.1) is 0 Å². The van der Waals surface area contributed by atoms with Crippen molar-refractivity contribution >= 4 is 5.69 Å². The van der Waals surface area contributed by atoms with Gasteiger partial charge in [-0.05, 0) is 38.5 Å². The minimum Gasteiger partial charge on any atom is -0.380 e. The lowest BCUT2D eigenvalue weighted by molar-refractivity contribution is 0.510. The zero-order valence-corrected chi connectivity index (χ0v) is 9.97. The van der Waals surface area contributed by atoms with Crippen LogP contribution in [-0.2, 0) is 0 Å². The van der Waals surface area contributed by atoms with Crippen molar-refractivity contribution in [1.29, 1.82) is 5.26 Å². The number of nitrogens with zero attached hydrogens (tertiary/aromatic N) is 1. The molecule has 3 heteroatoms. The van der Waals surface area contributed by atoms with Gasteiger partial charge >= 0.3 is 0 Å². The Bertz CT molecular complexity index is 405. The van der Waals surface area contributed by atoms with Crippen LogP contribution in [0.4, 0.5) is 10.1 Å². The second kappa shape index (κ2) is 4.98. The van der Waals surface area contributed by atoms with Crippen LogP contribution in [0.3, 0.4) is 0 Å². The number of hydrogen-bond donors (Lipinski definition) is 1.